The van der Waals surface area contributed by atoms with E-state index in [1.165, 1.54) is 34.6 Å². The molecule has 1 heterocycles. The molecular weight excluding hydrogens is 551 g/mol. The van der Waals surface area contributed by atoms with Gasteiger partial charge >= 0.3 is 6.09 Å². The molecule has 208 valence electrons. The number of alkyl carbamates (subject to hydrolysis) is 1. The Morgan fingerprint density at radius 3 is 2.53 bits per heavy atom. The molecule has 2 aromatic carbocycles. The lowest BCUT2D eigenvalue weighted by Crippen LogP contribution is -2.39. The number of nitrogens with one attached hydrogen (secondary N) is 1. The summed E-state index contributed by atoms with van der Waals surface area (Å²) in [4.78, 5) is 16.0. The van der Waals surface area contributed by atoms with Crippen LogP contribution < -0.4 is 9.62 Å². The van der Waals surface area contributed by atoms with Crippen LogP contribution in [-0.4, -0.2) is 48.4 Å². The molecule has 0 unspecified atom stereocenters. The largest absolute Gasteiger partial charge is 0.450 e. The molecule has 38 heavy (non-hydrogen) atoms. The summed E-state index contributed by atoms with van der Waals surface area (Å²) >= 11 is 12.1. The molecule has 0 radical (unpaired) electrons. The number of rotatable bonds is 13. The number of benzene rings is 2. The number of aliphatic hydroxyl groups is 1. The summed E-state index contributed by atoms with van der Waals surface area (Å²) in [5.41, 5.74) is 0.703. The fourth-order valence-electron chi connectivity index (χ4n) is 3.78. The van der Waals surface area contributed by atoms with E-state index in [2.05, 4.69) is 10.3 Å². The van der Waals surface area contributed by atoms with Crippen LogP contribution in [0.5, 0.6) is 0 Å². The molecule has 3 aromatic rings. The maximum absolute atomic E-state index is 13.7. The minimum atomic E-state index is -4.03. The molecule has 1 amide bonds. The Kier molecular flexibility index (Phi) is 12.4. The number of carbonyl (C=O) groups excluding carboxylic acids is 1. The Labute approximate surface area is 234 Å². The maximum atomic E-state index is 13.7. The number of anilines is 1. The van der Waals surface area contributed by atoms with Crippen LogP contribution in [0.4, 0.5) is 10.5 Å². The zero-order chi connectivity index (χ0) is 26.8. The van der Waals surface area contributed by atoms with Crippen molar-refractivity contribution in [2.45, 2.75) is 57.7 Å². The number of amides is 1. The lowest BCUT2D eigenvalue weighted by atomic mass is 10.1. The Morgan fingerprint density at radius 1 is 1.16 bits per heavy atom. The summed E-state index contributed by atoms with van der Waals surface area (Å²) in [6.07, 6.45) is 6.27. The number of ether oxygens (including phenoxy) is 1. The van der Waals surface area contributed by atoms with Crippen molar-refractivity contribution >= 4 is 45.0 Å². The van der Waals surface area contributed by atoms with Gasteiger partial charge in [0.15, 0.2) is 0 Å². The van der Waals surface area contributed by atoms with E-state index in [0.29, 0.717) is 35.0 Å². The third-order valence-electron chi connectivity index (χ3n) is 5.65. The first-order chi connectivity index (χ1) is 17.7. The van der Waals surface area contributed by atoms with E-state index in [1.807, 2.05) is 10.8 Å². The Bertz CT molecular complexity index is 1260. The number of sulfonamides is 1. The van der Waals surface area contributed by atoms with Crippen molar-refractivity contribution < 1.29 is 23.1 Å². The molecule has 1 aromatic heterocycles. The quantitative estimate of drug-likeness (QED) is 0.256. The van der Waals surface area contributed by atoms with Gasteiger partial charge in [0.25, 0.3) is 10.0 Å². The average Bonchev–Trinajstić information content (AvgIpc) is 3.39. The van der Waals surface area contributed by atoms with Crippen molar-refractivity contribution in [3.05, 3.63) is 76.8 Å². The van der Waals surface area contributed by atoms with E-state index in [-0.39, 0.29) is 31.2 Å². The van der Waals surface area contributed by atoms with Crippen molar-refractivity contribution in [3.8, 4) is 0 Å². The molecule has 12 heteroatoms. The summed E-state index contributed by atoms with van der Waals surface area (Å²) < 4.78 is 35.8. The topological polar surface area (TPSA) is 114 Å². The molecule has 9 nitrogen and oxygen atoms in total. The van der Waals surface area contributed by atoms with Gasteiger partial charge in [0, 0.05) is 47.1 Å². The van der Waals surface area contributed by atoms with Gasteiger partial charge in [-0.3, -0.25) is 4.31 Å². The number of halogens is 2. The highest BCUT2D eigenvalue weighted by molar-refractivity contribution is 7.92. The van der Waals surface area contributed by atoms with E-state index >= 15 is 0 Å². The molecule has 0 aliphatic carbocycles. The van der Waals surface area contributed by atoms with Gasteiger partial charge in [-0.1, -0.05) is 36.7 Å². The minimum Gasteiger partial charge on any atom is -0.450 e. The van der Waals surface area contributed by atoms with Gasteiger partial charge in [-0.15, -0.1) is 0 Å². The number of hydrogen-bond acceptors (Lipinski definition) is 6. The maximum Gasteiger partial charge on any atom is 0.407 e. The van der Waals surface area contributed by atoms with E-state index in [0.717, 1.165) is 13.0 Å². The number of aliphatic hydroxyl groups excluding tert-OH is 1. The number of imidazole rings is 1. The first-order valence-electron chi connectivity index (χ1n) is 11.8. The van der Waals surface area contributed by atoms with Gasteiger partial charge in [0.1, 0.15) is 0 Å². The normalized spacial score (nSPS) is 11.9. The van der Waals surface area contributed by atoms with Crippen LogP contribution in [0.1, 0.15) is 39.2 Å². The van der Waals surface area contributed by atoms with Gasteiger partial charge in [-0.05, 0) is 62.6 Å². The van der Waals surface area contributed by atoms with Gasteiger partial charge < -0.3 is 19.7 Å². The fraction of sp³-hybridized carbons (Fsp3) is 0.385. The van der Waals surface area contributed by atoms with Crippen molar-refractivity contribution in [2.24, 2.45) is 0 Å². The standard InChI is InChI=1S/C25H30Cl2N4O5S.CH4/c1-19(4-2-15-36-25(33)29-11-3-13-30-14-12-28-18-30)31(24-16-22(27)6-5-20(24)17-32)37(34,35)23-9-7-21(26)8-10-23;/h5-10,12,14,16,18-19,32H,2-4,11,13,15,17H2,1H3,(H,29,33);1H4/t19-;/m1./s1. The van der Waals surface area contributed by atoms with Crippen molar-refractivity contribution in [1.82, 2.24) is 14.9 Å². The third-order valence-corrected chi connectivity index (χ3v) is 8.08. The van der Waals surface area contributed by atoms with Crippen LogP contribution in [0.15, 0.2) is 66.1 Å². The van der Waals surface area contributed by atoms with Crippen molar-refractivity contribution in [1.29, 1.82) is 0 Å². The predicted molar refractivity (Wildman–Crippen MR) is 150 cm³/mol. The zero-order valence-corrected chi connectivity index (χ0v) is 22.7. The Hall–Kier alpha value is -2.79. The lowest BCUT2D eigenvalue weighted by molar-refractivity contribution is 0.143. The van der Waals surface area contributed by atoms with Crippen LogP contribution in [0.2, 0.25) is 10.0 Å². The van der Waals surface area contributed by atoms with E-state index in [1.54, 1.807) is 31.6 Å². The first kappa shape index (κ1) is 31.4. The van der Waals surface area contributed by atoms with Crippen molar-refractivity contribution in [3.63, 3.8) is 0 Å². The summed E-state index contributed by atoms with van der Waals surface area (Å²) in [6.45, 7) is 2.70. The van der Waals surface area contributed by atoms with E-state index < -0.39 is 22.2 Å². The minimum absolute atomic E-state index is 0. The highest BCUT2D eigenvalue weighted by Crippen LogP contribution is 2.33. The molecule has 0 spiro atoms. The van der Waals surface area contributed by atoms with E-state index in [4.69, 9.17) is 27.9 Å². The third kappa shape index (κ3) is 8.62. The molecular formula is C26H34Cl2N4O5S. The molecule has 0 bridgehead atoms. The molecule has 0 aliphatic heterocycles. The van der Waals surface area contributed by atoms with Crippen molar-refractivity contribution in [2.75, 3.05) is 17.5 Å². The lowest BCUT2D eigenvalue weighted by Gasteiger charge is -2.32. The second kappa shape index (κ2) is 15.0. The van der Waals surface area contributed by atoms with Gasteiger partial charge in [-0.2, -0.15) is 0 Å². The van der Waals surface area contributed by atoms with E-state index in [9.17, 15) is 18.3 Å². The Balaban J connectivity index is 0.00000507. The van der Waals surface area contributed by atoms with Gasteiger partial charge in [0.05, 0.1) is 30.1 Å². The first-order valence-corrected chi connectivity index (χ1v) is 14.0. The number of carbonyl (C=O) groups is 1. The number of nitrogens with zero attached hydrogens (tertiary/aromatic N) is 3. The van der Waals surface area contributed by atoms with Crippen LogP contribution in [0, 0.1) is 0 Å². The van der Waals surface area contributed by atoms with Crippen LogP contribution >= 0.6 is 23.2 Å². The molecule has 0 saturated carbocycles. The zero-order valence-electron chi connectivity index (χ0n) is 20.4. The van der Waals surface area contributed by atoms with Gasteiger partial charge in [0.2, 0.25) is 0 Å². The van der Waals surface area contributed by atoms with Gasteiger partial charge in [-0.25, -0.2) is 18.2 Å². The number of aryl methyl sites for hydroxylation is 1. The number of aromatic nitrogens is 2. The average molecular weight is 586 g/mol. The second-order valence-corrected chi connectivity index (χ2v) is 11.1. The summed E-state index contributed by atoms with van der Waals surface area (Å²) in [5, 5.41) is 13.3. The summed E-state index contributed by atoms with van der Waals surface area (Å²) in [5.74, 6) is 0. The van der Waals surface area contributed by atoms with Crippen LogP contribution in [-0.2, 0) is 27.9 Å². The van der Waals surface area contributed by atoms with Crippen LogP contribution in [0.25, 0.3) is 0 Å². The number of hydrogen-bond donors (Lipinski definition) is 2. The molecule has 2 N–H and O–H groups in total. The molecule has 0 aliphatic rings. The highest BCUT2D eigenvalue weighted by Gasteiger charge is 2.31. The molecule has 0 saturated heterocycles. The second-order valence-electron chi connectivity index (χ2n) is 8.39. The molecule has 3 rings (SSSR count). The smallest absolute Gasteiger partial charge is 0.407 e. The highest BCUT2D eigenvalue weighted by atomic mass is 35.5. The fourth-order valence-corrected chi connectivity index (χ4v) is 5.79. The molecule has 0 fully saturated rings. The summed E-state index contributed by atoms with van der Waals surface area (Å²) in [7, 11) is -4.03. The SMILES string of the molecule is C.C[C@H](CCCOC(=O)NCCCn1ccnc1)N(c1cc(Cl)ccc1CO)S(=O)(=O)c1ccc(Cl)cc1. The summed E-state index contributed by atoms with van der Waals surface area (Å²) in [6, 6.07) is 10.0. The Morgan fingerprint density at radius 2 is 1.87 bits per heavy atom. The molecule has 1 atom stereocenters. The predicted octanol–water partition coefficient (Wildman–Crippen LogP) is 5.50. The van der Waals surface area contributed by atoms with Crippen LogP contribution in [0.3, 0.4) is 0 Å². The monoisotopic (exact) mass is 584 g/mol.